The minimum Gasteiger partial charge on any atom is -0.496 e. The highest BCUT2D eigenvalue weighted by Gasteiger charge is 2.21. The molecule has 3 rings (SSSR count). The fraction of sp³-hybridized carbons (Fsp3) is 0.125. The lowest BCUT2D eigenvalue weighted by Crippen LogP contribution is -2.22. The predicted octanol–water partition coefficient (Wildman–Crippen LogP) is 4.86. The Morgan fingerprint density at radius 1 is 0.921 bits per heavy atom. The van der Waals surface area contributed by atoms with Crippen LogP contribution in [0, 0.1) is 11.3 Å². The SMILES string of the molecule is COc1ccc(NC(=O)/C(C#N)=N/Nc2ccc(OC)c(S(=O)(=O)Nc3ccc(OC)c(Br)c3)c2)cc1Cl. The molecule has 0 aliphatic heterocycles. The number of hydrogen-bond acceptors (Lipinski definition) is 9. The van der Waals surface area contributed by atoms with Crippen LogP contribution in [0.25, 0.3) is 0 Å². The first-order valence-corrected chi connectivity index (χ1v) is 13.2. The molecule has 0 radical (unpaired) electrons. The minimum atomic E-state index is -4.12. The molecule has 0 aliphatic carbocycles. The van der Waals surface area contributed by atoms with E-state index in [9.17, 15) is 18.5 Å². The molecule has 0 atom stereocenters. The van der Waals surface area contributed by atoms with Gasteiger partial charge < -0.3 is 19.5 Å². The van der Waals surface area contributed by atoms with Crippen LogP contribution in [0.15, 0.2) is 69.1 Å². The number of benzene rings is 3. The normalized spacial score (nSPS) is 11.2. The molecule has 1 amide bonds. The minimum absolute atomic E-state index is 0.0641. The van der Waals surface area contributed by atoms with Gasteiger partial charge in [0.15, 0.2) is 0 Å². The Hall–Kier alpha value is -3.99. The van der Waals surface area contributed by atoms with Crippen LogP contribution in [0.2, 0.25) is 5.02 Å². The standard InChI is InChI=1S/C24H21BrClN5O6S/c1-35-20-7-6-16(10-17(20)25)31-38(33,34)23-12-15(5-9-22(23)37-3)29-30-19(13-27)24(32)28-14-4-8-21(36-2)18(26)11-14/h4-12,29,31H,1-3H3,(H,28,32)/b30-19+. The molecule has 0 saturated heterocycles. The zero-order valence-corrected chi connectivity index (χ0v) is 23.4. The fourth-order valence-electron chi connectivity index (χ4n) is 3.08. The van der Waals surface area contributed by atoms with Gasteiger partial charge in [0.25, 0.3) is 15.9 Å². The zero-order valence-electron chi connectivity index (χ0n) is 20.2. The topological polar surface area (TPSA) is 151 Å². The zero-order chi connectivity index (χ0) is 27.9. The number of nitrogens with one attached hydrogen (secondary N) is 3. The van der Waals surface area contributed by atoms with Gasteiger partial charge in [0.2, 0.25) is 5.71 Å². The molecule has 3 aromatic rings. The number of sulfonamides is 1. The van der Waals surface area contributed by atoms with Crippen LogP contribution in [0.5, 0.6) is 17.2 Å². The molecule has 3 aromatic carbocycles. The van der Waals surface area contributed by atoms with Crippen LogP contribution < -0.4 is 29.7 Å². The Morgan fingerprint density at radius 3 is 2.13 bits per heavy atom. The first kappa shape index (κ1) is 28.6. The number of rotatable bonds is 10. The molecule has 198 valence electrons. The number of ether oxygens (including phenoxy) is 3. The molecule has 0 heterocycles. The van der Waals surface area contributed by atoms with E-state index < -0.39 is 21.6 Å². The third-order valence-corrected chi connectivity index (χ3v) is 7.20. The lowest BCUT2D eigenvalue weighted by atomic mass is 10.3. The van der Waals surface area contributed by atoms with Crippen molar-refractivity contribution in [1.29, 1.82) is 5.26 Å². The number of amides is 1. The van der Waals surface area contributed by atoms with Crippen molar-refractivity contribution >= 4 is 66.2 Å². The second-order valence-corrected chi connectivity index (χ2v) is 10.2. The third kappa shape index (κ3) is 6.86. The second kappa shape index (κ2) is 12.5. The van der Waals surface area contributed by atoms with E-state index in [1.807, 2.05) is 0 Å². The number of carbonyl (C=O) groups is 1. The summed E-state index contributed by atoms with van der Waals surface area (Å²) in [5.74, 6) is 0.200. The quantitative estimate of drug-likeness (QED) is 0.214. The largest absolute Gasteiger partial charge is 0.496 e. The van der Waals surface area contributed by atoms with Gasteiger partial charge in [0.1, 0.15) is 28.2 Å². The molecule has 38 heavy (non-hydrogen) atoms. The van der Waals surface area contributed by atoms with Crippen LogP contribution in [0.1, 0.15) is 0 Å². The van der Waals surface area contributed by atoms with E-state index in [-0.39, 0.29) is 27.0 Å². The molecule has 0 unspecified atom stereocenters. The molecular formula is C24H21BrClN5O6S. The van der Waals surface area contributed by atoms with E-state index in [0.717, 1.165) is 0 Å². The highest BCUT2D eigenvalue weighted by Crippen LogP contribution is 2.32. The molecule has 11 nitrogen and oxygen atoms in total. The van der Waals surface area contributed by atoms with Crippen LogP contribution in [0.4, 0.5) is 17.1 Å². The third-order valence-electron chi connectivity index (χ3n) is 4.88. The molecule has 0 aliphatic rings. The summed E-state index contributed by atoms with van der Waals surface area (Å²) >= 11 is 9.37. The van der Waals surface area contributed by atoms with E-state index in [4.69, 9.17) is 25.8 Å². The van der Waals surface area contributed by atoms with Gasteiger partial charge in [-0.2, -0.15) is 10.4 Å². The number of carbonyl (C=O) groups excluding carboxylic acids is 1. The van der Waals surface area contributed by atoms with Crippen molar-refractivity contribution in [3.05, 3.63) is 64.1 Å². The van der Waals surface area contributed by atoms with Crippen molar-refractivity contribution in [2.45, 2.75) is 4.90 Å². The van der Waals surface area contributed by atoms with Gasteiger partial charge in [0.05, 0.1) is 42.2 Å². The summed E-state index contributed by atoms with van der Waals surface area (Å²) in [6.07, 6.45) is 0. The molecule has 0 spiro atoms. The number of hydrazone groups is 1. The summed E-state index contributed by atoms with van der Waals surface area (Å²) in [4.78, 5) is 12.3. The first-order chi connectivity index (χ1) is 18.1. The van der Waals surface area contributed by atoms with Crippen molar-refractivity contribution < 1.29 is 27.4 Å². The van der Waals surface area contributed by atoms with Gasteiger partial charge in [-0.05, 0) is 70.5 Å². The number of anilines is 3. The van der Waals surface area contributed by atoms with E-state index in [0.29, 0.717) is 21.7 Å². The highest BCUT2D eigenvalue weighted by molar-refractivity contribution is 9.10. The van der Waals surface area contributed by atoms with Gasteiger partial charge in [0, 0.05) is 5.69 Å². The van der Waals surface area contributed by atoms with E-state index in [2.05, 4.69) is 36.5 Å². The smallest absolute Gasteiger partial charge is 0.287 e. The summed E-state index contributed by atoms with van der Waals surface area (Å²) in [5, 5.41) is 16.0. The lowest BCUT2D eigenvalue weighted by molar-refractivity contribution is -0.110. The molecule has 0 aromatic heterocycles. The van der Waals surface area contributed by atoms with Crippen LogP contribution in [-0.4, -0.2) is 41.4 Å². The number of methoxy groups -OCH3 is 3. The van der Waals surface area contributed by atoms with Crippen LogP contribution >= 0.6 is 27.5 Å². The lowest BCUT2D eigenvalue weighted by Gasteiger charge is -2.14. The monoisotopic (exact) mass is 621 g/mol. The summed E-state index contributed by atoms with van der Waals surface area (Å²) in [5.41, 5.74) is 2.78. The van der Waals surface area contributed by atoms with Gasteiger partial charge in [-0.3, -0.25) is 14.9 Å². The highest BCUT2D eigenvalue weighted by atomic mass is 79.9. The van der Waals surface area contributed by atoms with Gasteiger partial charge in [-0.1, -0.05) is 11.6 Å². The predicted molar refractivity (Wildman–Crippen MR) is 148 cm³/mol. The first-order valence-electron chi connectivity index (χ1n) is 10.5. The summed E-state index contributed by atoms with van der Waals surface area (Å²) in [7, 11) is 0.154. The fourth-order valence-corrected chi connectivity index (χ4v) is 5.12. The number of nitrogens with zero attached hydrogens (tertiary/aromatic N) is 2. The average Bonchev–Trinajstić information content (AvgIpc) is 2.89. The number of nitriles is 1. The Labute approximate surface area is 232 Å². The Bertz CT molecular complexity index is 1540. The Morgan fingerprint density at radius 2 is 1.53 bits per heavy atom. The maximum absolute atomic E-state index is 13.1. The molecular weight excluding hydrogens is 602 g/mol. The van der Waals surface area contributed by atoms with Crippen molar-refractivity contribution in [3.8, 4) is 23.3 Å². The Kier molecular flexibility index (Phi) is 9.40. The number of hydrogen-bond donors (Lipinski definition) is 3. The Balaban J connectivity index is 1.82. The van der Waals surface area contributed by atoms with Gasteiger partial charge in [-0.25, -0.2) is 8.42 Å². The van der Waals surface area contributed by atoms with Crippen LogP contribution in [-0.2, 0) is 14.8 Å². The molecule has 0 bridgehead atoms. The van der Waals surface area contributed by atoms with Gasteiger partial charge >= 0.3 is 0 Å². The van der Waals surface area contributed by atoms with Crippen molar-refractivity contribution in [2.75, 3.05) is 36.8 Å². The number of halogens is 2. The summed E-state index contributed by atoms with van der Waals surface area (Å²) in [6.45, 7) is 0. The summed E-state index contributed by atoms with van der Waals surface area (Å²) in [6, 6.07) is 15.0. The van der Waals surface area contributed by atoms with Crippen molar-refractivity contribution in [1.82, 2.24) is 0 Å². The second-order valence-electron chi connectivity index (χ2n) is 7.31. The van der Waals surface area contributed by atoms with Crippen molar-refractivity contribution in [2.24, 2.45) is 5.10 Å². The van der Waals surface area contributed by atoms with E-state index >= 15 is 0 Å². The van der Waals surface area contributed by atoms with Crippen LogP contribution in [0.3, 0.4) is 0 Å². The summed E-state index contributed by atoms with van der Waals surface area (Å²) < 4.78 is 44.7. The van der Waals surface area contributed by atoms with Gasteiger partial charge in [-0.15, -0.1) is 0 Å². The molecule has 14 heteroatoms. The maximum Gasteiger partial charge on any atom is 0.287 e. The van der Waals surface area contributed by atoms with E-state index in [1.54, 1.807) is 30.3 Å². The molecule has 0 fully saturated rings. The molecule has 3 N–H and O–H groups in total. The van der Waals surface area contributed by atoms with E-state index in [1.165, 1.54) is 51.7 Å². The maximum atomic E-state index is 13.1. The molecule has 0 saturated carbocycles. The van der Waals surface area contributed by atoms with Crippen molar-refractivity contribution in [3.63, 3.8) is 0 Å². The average molecular weight is 623 g/mol.